The topological polar surface area (TPSA) is 101 Å². The van der Waals surface area contributed by atoms with Crippen LogP contribution in [0.3, 0.4) is 0 Å². The maximum absolute atomic E-state index is 12.8. The molecule has 0 saturated carbocycles. The predicted molar refractivity (Wildman–Crippen MR) is 124 cm³/mol. The Bertz CT molecular complexity index is 943. The van der Waals surface area contributed by atoms with E-state index in [-0.39, 0.29) is 11.8 Å². The number of anilines is 1. The molecule has 1 saturated heterocycles. The van der Waals surface area contributed by atoms with Gasteiger partial charge in [-0.15, -0.1) is 11.8 Å². The highest BCUT2D eigenvalue weighted by atomic mass is 32.2. The summed E-state index contributed by atoms with van der Waals surface area (Å²) in [5.74, 6) is -0.469. The molecule has 0 unspecified atom stereocenters. The van der Waals surface area contributed by atoms with Crippen molar-refractivity contribution in [1.29, 1.82) is 0 Å². The summed E-state index contributed by atoms with van der Waals surface area (Å²) < 4.78 is 5.36. The number of hydrogen-bond acceptors (Lipinski definition) is 6. The maximum Gasteiger partial charge on any atom is 0.313 e. The lowest BCUT2D eigenvalue weighted by atomic mass is 9.96. The summed E-state index contributed by atoms with van der Waals surface area (Å²) in [5.41, 5.74) is 1.15. The quantitative estimate of drug-likeness (QED) is 0.491. The number of hydrogen-bond donors (Lipinski definition) is 2. The number of pyridine rings is 1. The number of carbonyl (C=O) groups excluding carboxylic acids is 3. The lowest BCUT2D eigenvalue weighted by Crippen LogP contribution is -2.43. The number of likely N-dealkylation sites (tertiary alicyclic amines) is 1. The second kappa shape index (κ2) is 11.5. The zero-order valence-electron chi connectivity index (χ0n) is 18.3. The highest BCUT2D eigenvalue weighted by Crippen LogP contribution is 2.23. The van der Waals surface area contributed by atoms with Crippen molar-refractivity contribution in [3.05, 3.63) is 48.2 Å². The van der Waals surface area contributed by atoms with Crippen molar-refractivity contribution in [3.63, 3.8) is 0 Å². The molecule has 0 spiro atoms. The predicted octanol–water partition coefficient (Wildman–Crippen LogP) is 2.81. The third-order valence-corrected chi connectivity index (χ3v) is 5.99. The van der Waals surface area contributed by atoms with E-state index < -0.39 is 11.8 Å². The standard InChI is InChI=1S/C23H28N4O4S/c1-3-31-18-8-6-17(7-9-18)26-21(29)20(28)25-15-16-10-13-27(14-11-16)23(30)19-5-4-12-24-22(19)32-2/h4-9,12,16H,3,10-11,13-15H2,1-2H3,(H,25,28)(H,26,29). The van der Waals surface area contributed by atoms with Crippen LogP contribution in [-0.4, -0.2) is 60.1 Å². The van der Waals surface area contributed by atoms with Gasteiger partial charge in [0.05, 0.1) is 12.2 Å². The van der Waals surface area contributed by atoms with Crippen LogP contribution in [0.4, 0.5) is 5.69 Å². The first-order valence-corrected chi connectivity index (χ1v) is 11.8. The molecule has 0 aliphatic carbocycles. The minimum absolute atomic E-state index is 0.0142. The van der Waals surface area contributed by atoms with E-state index in [4.69, 9.17) is 4.74 Å². The van der Waals surface area contributed by atoms with E-state index in [2.05, 4.69) is 15.6 Å². The van der Waals surface area contributed by atoms with Crippen molar-refractivity contribution < 1.29 is 19.1 Å². The molecule has 1 fully saturated rings. The van der Waals surface area contributed by atoms with Crippen molar-refractivity contribution in [1.82, 2.24) is 15.2 Å². The van der Waals surface area contributed by atoms with E-state index in [9.17, 15) is 14.4 Å². The summed E-state index contributed by atoms with van der Waals surface area (Å²) in [7, 11) is 0. The molecule has 0 atom stereocenters. The average Bonchev–Trinajstić information content (AvgIpc) is 2.83. The molecule has 9 heteroatoms. The van der Waals surface area contributed by atoms with Crippen LogP contribution < -0.4 is 15.4 Å². The highest BCUT2D eigenvalue weighted by Gasteiger charge is 2.26. The fraction of sp³-hybridized carbons (Fsp3) is 0.391. The molecule has 32 heavy (non-hydrogen) atoms. The molecule has 3 amide bonds. The largest absolute Gasteiger partial charge is 0.494 e. The lowest BCUT2D eigenvalue weighted by molar-refractivity contribution is -0.136. The molecule has 1 aromatic heterocycles. The van der Waals surface area contributed by atoms with Crippen LogP contribution in [-0.2, 0) is 9.59 Å². The number of benzene rings is 1. The van der Waals surface area contributed by atoms with Gasteiger partial charge in [0, 0.05) is 31.5 Å². The Labute approximate surface area is 192 Å². The van der Waals surface area contributed by atoms with Crippen molar-refractivity contribution >= 4 is 35.2 Å². The van der Waals surface area contributed by atoms with Gasteiger partial charge >= 0.3 is 11.8 Å². The molecule has 1 aromatic carbocycles. The number of nitrogens with zero attached hydrogens (tertiary/aromatic N) is 2. The van der Waals surface area contributed by atoms with Gasteiger partial charge < -0.3 is 20.3 Å². The van der Waals surface area contributed by atoms with Gasteiger partial charge in [-0.25, -0.2) is 4.98 Å². The summed E-state index contributed by atoms with van der Waals surface area (Å²) in [4.78, 5) is 43.2. The summed E-state index contributed by atoms with van der Waals surface area (Å²) >= 11 is 1.46. The molecule has 3 rings (SSSR count). The van der Waals surface area contributed by atoms with Crippen LogP contribution in [0.25, 0.3) is 0 Å². The van der Waals surface area contributed by atoms with E-state index in [0.29, 0.717) is 43.2 Å². The van der Waals surface area contributed by atoms with Crippen LogP contribution in [0.1, 0.15) is 30.1 Å². The number of nitrogens with one attached hydrogen (secondary N) is 2. The molecular formula is C23H28N4O4S. The van der Waals surface area contributed by atoms with Crippen molar-refractivity contribution in [2.24, 2.45) is 5.92 Å². The van der Waals surface area contributed by atoms with Gasteiger partial charge in [0.2, 0.25) is 0 Å². The zero-order chi connectivity index (χ0) is 22.9. The third-order valence-electron chi connectivity index (χ3n) is 5.28. The zero-order valence-corrected chi connectivity index (χ0v) is 19.1. The van der Waals surface area contributed by atoms with Gasteiger partial charge in [0.25, 0.3) is 5.91 Å². The fourth-order valence-corrected chi connectivity index (χ4v) is 4.07. The van der Waals surface area contributed by atoms with Crippen LogP contribution in [0, 0.1) is 5.92 Å². The van der Waals surface area contributed by atoms with E-state index in [1.807, 2.05) is 18.1 Å². The lowest BCUT2D eigenvalue weighted by Gasteiger charge is -2.32. The number of ether oxygens (including phenoxy) is 1. The Kier molecular flexibility index (Phi) is 8.49. The van der Waals surface area contributed by atoms with Gasteiger partial charge in [-0.3, -0.25) is 14.4 Å². The Morgan fingerprint density at radius 3 is 2.50 bits per heavy atom. The Morgan fingerprint density at radius 2 is 1.84 bits per heavy atom. The molecular weight excluding hydrogens is 428 g/mol. The number of piperidine rings is 1. The smallest absolute Gasteiger partial charge is 0.313 e. The second-order valence-electron chi connectivity index (χ2n) is 7.42. The summed E-state index contributed by atoms with van der Waals surface area (Å²) in [5, 5.41) is 6.02. The van der Waals surface area contributed by atoms with Crippen LogP contribution in [0.5, 0.6) is 5.75 Å². The van der Waals surface area contributed by atoms with Gasteiger partial charge in [0.1, 0.15) is 10.8 Å². The minimum Gasteiger partial charge on any atom is -0.494 e. The van der Waals surface area contributed by atoms with Crippen molar-refractivity contribution in [2.45, 2.75) is 24.8 Å². The van der Waals surface area contributed by atoms with Crippen LogP contribution >= 0.6 is 11.8 Å². The number of aromatic nitrogens is 1. The molecule has 2 N–H and O–H groups in total. The van der Waals surface area contributed by atoms with Crippen LogP contribution in [0.15, 0.2) is 47.6 Å². The van der Waals surface area contributed by atoms with Crippen LogP contribution in [0.2, 0.25) is 0 Å². The summed E-state index contributed by atoms with van der Waals surface area (Å²) in [6.45, 7) is 4.08. The number of amides is 3. The average molecular weight is 457 g/mol. The van der Waals surface area contributed by atoms with Crippen molar-refractivity contribution in [3.8, 4) is 5.75 Å². The monoisotopic (exact) mass is 456 g/mol. The third kappa shape index (κ3) is 6.23. The molecule has 8 nitrogen and oxygen atoms in total. The van der Waals surface area contributed by atoms with E-state index in [0.717, 1.165) is 17.9 Å². The van der Waals surface area contributed by atoms with Gasteiger partial charge in [-0.2, -0.15) is 0 Å². The molecule has 1 aliphatic rings. The minimum atomic E-state index is -0.706. The summed E-state index contributed by atoms with van der Waals surface area (Å²) in [6, 6.07) is 10.4. The Balaban J connectivity index is 1.42. The van der Waals surface area contributed by atoms with E-state index >= 15 is 0 Å². The van der Waals surface area contributed by atoms with E-state index in [1.165, 1.54) is 11.8 Å². The first-order valence-electron chi connectivity index (χ1n) is 10.6. The molecule has 1 aliphatic heterocycles. The Morgan fingerprint density at radius 1 is 1.12 bits per heavy atom. The van der Waals surface area contributed by atoms with E-state index in [1.54, 1.807) is 42.6 Å². The molecule has 0 radical (unpaired) electrons. The number of carbonyl (C=O) groups is 3. The fourth-order valence-electron chi connectivity index (χ4n) is 3.53. The van der Waals surface area contributed by atoms with Crippen molar-refractivity contribution in [2.75, 3.05) is 37.8 Å². The highest BCUT2D eigenvalue weighted by molar-refractivity contribution is 7.98. The summed E-state index contributed by atoms with van der Waals surface area (Å²) in [6.07, 6.45) is 5.12. The molecule has 2 heterocycles. The van der Waals surface area contributed by atoms with Gasteiger partial charge in [0.15, 0.2) is 0 Å². The van der Waals surface area contributed by atoms with Gasteiger partial charge in [-0.1, -0.05) is 0 Å². The normalized spacial score (nSPS) is 14.0. The Hall–Kier alpha value is -3.07. The second-order valence-corrected chi connectivity index (χ2v) is 8.21. The molecule has 170 valence electrons. The first-order chi connectivity index (χ1) is 15.5. The molecule has 2 aromatic rings. The first kappa shape index (κ1) is 23.6. The van der Waals surface area contributed by atoms with Gasteiger partial charge in [-0.05, 0) is 68.3 Å². The number of thioether (sulfide) groups is 1. The maximum atomic E-state index is 12.8. The SMILES string of the molecule is CCOc1ccc(NC(=O)C(=O)NCC2CCN(C(=O)c3cccnc3SC)CC2)cc1. The molecule has 0 bridgehead atoms. The number of rotatable bonds is 7.